The van der Waals surface area contributed by atoms with Crippen LogP contribution in [0.25, 0.3) is 32.9 Å². The third kappa shape index (κ3) is 7.02. The van der Waals surface area contributed by atoms with Gasteiger partial charge in [-0.15, -0.1) is 5.54 Å². The summed E-state index contributed by atoms with van der Waals surface area (Å²) in [4.78, 5) is 15.8. The molecule has 0 spiro atoms. The number of hydrogen-bond acceptors (Lipinski definition) is 8. The molecule has 1 saturated heterocycles. The van der Waals surface area contributed by atoms with E-state index >= 15 is 8.78 Å². The van der Waals surface area contributed by atoms with Crippen LogP contribution in [0.5, 0.6) is 11.8 Å². The quantitative estimate of drug-likeness (QED) is 0.0577. The monoisotopic (exact) mass is 788 g/mol. The van der Waals surface area contributed by atoms with Crippen molar-refractivity contribution >= 4 is 41.8 Å². The van der Waals surface area contributed by atoms with Gasteiger partial charge in [0.1, 0.15) is 55.2 Å². The number of fused-ring (bicyclic) bond motifs is 3. The largest absolute Gasteiger partial charge is 0.468 e. The zero-order chi connectivity index (χ0) is 40.1. The molecule has 0 bridgehead atoms. The fraction of sp³-hybridized carbons (Fsp3) is 0.535. The second-order valence-electron chi connectivity index (χ2n) is 16.6. The second kappa shape index (κ2) is 15.6. The van der Waals surface area contributed by atoms with E-state index in [2.05, 4.69) is 73.8 Å². The molecule has 1 saturated carbocycles. The summed E-state index contributed by atoms with van der Waals surface area (Å²) in [5.41, 5.74) is 4.66. The van der Waals surface area contributed by atoms with Crippen LogP contribution in [0.1, 0.15) is 72.8 Å². The first-order chi connectivity index (χ1) is 26.7. The summed E-state index contributed by atoms with van der Waals surface area (Å²) in [6.07, 6.45) is 5.63. The molecule has 0 N–H and O–H groups in total. The van der Waals surface area contributed by atoms with Crippen LogP contribution in [0.3, 0.4) is 0 Å². The molecule has 1 aliphatic carbocycles. The average Bonchev–Trinajstić information content (AvgIpc) is 3.61. The van der Waals surface area contributed by atoms with E-state index in [-0.39, 0.29) is 53.4 Å². The van der Waals surface area contributed by atoms with Gasteiger partial charge >= 0.3 is 6.01 Å². The number of ether oxygens (including phenoxy) is 4. The maximum absolute atomic E-state index is 17.4. The van der Waals surface area contributed by atoms with Gasteiger partial charge in [0, 0.05) is 64.1 Å². The first kappa shape index (κ1) is 40.0. The molecular formula is C43H53F3N5O4Si+. The Labute approximate surface area is 328 Å². The van der Waals surface area contributed by atoms with Crippen LogP contribution in [0.15, 0.2) is 30.5 Å². The van der Waals surface area contributed by atoms with Crippen LogP contribution in [0.4, 0.5) is 19.0 Å². The predicted molar refractivity (Wildman–Crippen MR) is 216 cm³/mol. The summed E-state index contributed by atoms with van der Waals surface area (Å²) < 4.78 is 73.5. The fourth-order valence-corrected chi connectivity index (χ4v) is 14.6. The lowest BCUT2D eigenvalue weighted by molar-refractivity contribution is -0.579. The standard InChI is InChI=1S/C43H53F3N5O4Si/c1-25(2)56(26(3)4,27(5)6)16-13-31-34(44)12-11-28-17-29(55-24-52-8)18-32(37(28)31)39-38(46)40-33(21-47-39)41(50(7)36-19-35(36)45)49-42(48-40)54-23-43-14-10-15-51(43)22-30(20-43)53-9/h11-12,15,17-18,21,25-27,30,35-36H,10,14,19-20,22-24H2,1-9H3/q+1/t30-,35-,36-,43+/m1/s1. The summed E-state index contributed by atoms with van der Waals surface area (Å²) in [6, 6.07) is 6.00. The number of benzene rings is 2. The highest BCUT2D eigenvalue weighted by atomic mass is 28.3. The molecule has 0 radical (unpaired) electrons. The molecule has 0 unspecified atom stereocenters. The lowest BCUT2D eigenvalue weighted by Crippen LogP contribution is -2.43. The van der Waals surface area contributed by atoms with Crippen molar-refractivity contribution in [3.63, 3.8) is 0 Å². The highest BCUT2D eigenvalue weighted by molar-refractivity contribution is 6.90. The Morgan fingerprint density at radius 2 is 1.77 bits per heavy atom. The van der Waals surface area contributed by atoms with E-state index < -0.39 is 31.9 Å². The molecule has 7 rings (SSSR count). The van der Waals surface area contributed by atoms with Gasteiger partial charge in [-0.25, -0.2) is 17.7 Å². The van der Waals surface area contributed by atoms with Gasteiger partial charge in [-0.1, -0.05) is 53.5 Å². The maximum Gasteiger partial charge on any atom is 0.319 e. The number of aromatic nitrogens is 3. The average molecular weight is 789 g/mol. The number of nitrogens with zero attached hydrogens (tertiary/aromatic N) is 5. The Morgan fingerprint density at radius 1 is 1.04 bits per heavy atom. The third-order valence-electron chi connectivity index (χ3n) is 12.4. The lowest BCUT2D eigenvalue weighted by atomic mass is 9.94. The Morgan fingerprint density at radius 3 is 2.43 bits per heavy atom. The fourth-order valence-electron chi connectivity index (χ4n) is 9.38. The van der Waals surface area contributed by atoms with Gasteiger partial charge in [-0.05, 0) is 40.2 Å². The highest BCUT2D eigenvalue weighted by Crippen LogP contribution is 2.43. The van der Waals surface area contributed by atoms with E-state index in [0.717, 1.165) is 25.8 Å². The summed E-state index contributed by atoms with van der Waals surface area (Å²) in [5.74, 6) is 2.75. The molecule has 3 aliphatic rings. The van der Waals surface area contributed by atoms with Crippen LogP contribution in [0, 0.1) is 23.1 Å². The van der Waals surface area contributed by atoms with Gasteiger partial charge < -0.3 is 23.8 Å². The van der Waals surface area contributed by atoms with Crippen LogP contribution in [-0.4, -0.2) is 98.9 Å². The van der Waals surface area contributed by atoms with E-state index in [4.69, 9.17) is 23.9 Å². The number of rotatable bonds is 13. The van der Waals surface area contributed by atoms with E-state index in [9.17, 15) is 4.39 Å². The van der Waals surface area contributed by atoms with E-state index in [1.165, 1.54) is 19.4 Å². The molecule has 2 fully saturated rings. The molecule has 2 aromatic heterocycles. The van der Waals surface area contributed by atoms with Crippen molar-refractivity contribution in [2.45, 2.75) is 108 Å². The van der Waals surface area contributed by atoms with Gasteiger partial charge in [0.05, 0.1) is 17.0 Å². The molecule has 9 nitrogen and oxygen atoms in total. The van der Waals surface area contributed by atoms with Crippen LogP contribution in [0.2, 0.25) is 16.6 Å². The number of hydrogen-bond donors (Lipinski definition) is 0. The van der Waals surface area contributed by atoms with Crippen LogP contribution in [-0.2, 0) is 9.47 Å². The molecule has 2 aromatic carbocycles. The Bertz CT molecular complexity index is 2220. The maximum atomic E-state index is 17.4. The van der Waals surface area contributed by atoms with Crippen molar-refractivity contribution in [2.75, 3.05) is 46.1 Å². The van der Waals surface area contributed by atoms with Crippen LogP contribution >= 0.6 is 0 Å². The van der Waals surface area contributed by atoms with Crippen molar-refractivity contribution in [1.29, 1.82) is 0 Å². The summed E-state index contributed by atoms with van der Waals surface area (Å²) in [5, 5.41) is 1.32. The smallest absolute Gasteiger partial charge is 0.319 e. The van der Waals surface area contributed by atoms with Gasteiger partial charge in [0.2, 0.25) is 0 Å². The first-order valence-corrected chi connectivity index (χ1v) is 21.9. The van der Waals surface area contributed by atoms with Gasteiger partial charge in [0.25, 0.3) is 0 Å². The number of anilines is 1. The molecule has 2 aliphatic heterocycles. The molecule has 4 aromatic rings. The van der Waals surface area contributed by atoms with Crippen LogP contribution < -0.4 is 14.4 Å². The molecule has 4 heterocycles. The third-order valence-corrected chi connectivity index (χ3v) is 18.7. The van der Waals surface area contributed by atoms with Crippen molar-refractivity contribution in [1.82, 2.24) is 15.0 Å². The highest BCUT2D eigenvalue weighted by Gasteiger charge is 2.54. The zero-order valence-electron chi connectivity index (χ0n) is 33.9. The van der Waals surface area contributed by atoms with Crippen molar-refractivity contribution < 1.29 is 36.7 Å². The topological polar surface area (TPSA) is 81.8 Å². The SMILES string of the molecule is COCOc1cc(-c2ncc3c(N(C)[C@@H]4C[C@H]4F)nc(OC[C@@]45CCC=[N+]4C[C@H](OC)C5)nc3c2F)c2c(C#C[Si](C(C)C)(C(C)C)C(C)C)c(F)ccc2c1. The predicted octanol–water partition coefficient (Wildman–Crippen LogP) is 8.64. The van der Waals surface area contributed by atoms with Crippen molar-refractivity contribution in [2.24, 2.45) is 0 Å². The summed E-state index contributed by atoms with van der Waals surface area (Å²) in [6.45, 7) is 14.2. The Balaban J connectivity index is 1.42. The summed E-state index contributed by atoms with van der Waals surface area (Å²) >= 11 is 0. The number of halogens is 3. The zero-order valence-corrected chi connectivity index (χ0v) is 34.9. The minimum absolute atomic E-state index is 0.0226. The normalized spacial score (nSPS) is 21.8. The Kier molecular flexibility index (Phi) is 11.1. The molecule has 56 heavy (non-hydrogen) atoms. The van der Waals surface area contributed by atoms with Crippen molar-refractivity contribution in [3.8, 4) is 34.5 Å². The van der Waals surface area contributed by atoms with Crippen molar-refractivity contribution in [3.05, 3.63) is 47.7 Å². The van der Waals surface area contributed by atoms with E-state index in [1.807, 2.05) is 0 Å². The van der Waals surface area contributed by atoms with Gasteiger partial charge in [0.15, 0.2) is 31.3 Å². The molecule has 298 valence electrons. The second-order valence-corrected chi connectivity index (χ2v) is 22.2. The number of methoxy groups -OCH3 is 2. The van der Waals surface area contributed by atoms with Gasteiger partial charge in [-0.3, -0.25) is 4.98 Å². The van der Waals surface area contributed by atoms with E-state index in [0.29, 0.717) is 50.8 Å². The molecular weight excluding hydrogens is 736 g/mol. The van der Waals surface area contributed by atoms with E-state index in [1.54, 1.807) is 37.3 Å². The number of alkyl halides is 1. The lowest BCUT2D eigenvalue weighted by Gasteiger charge is -2.38. The molecule has 0 amide bonds. The first-order valence-electron chi connectivity index (χ1n) is 19.6. The minimum atomic E-state index is -2.29. The minimum Gasteiger partial charge on any atom is -0.468 e. The molecule has 13 heteroatoms. The Hall–Kier alpha value is -4.25. The number of pyridine rings is 1. The summed E-state index contributed by atoms with van der Waals surface area (Å²) in [7, 11) is 2.67. The van der Waals surface area contributed by atoms with Gasteiger partial charge in [-0.2, -0.15) is 9.97 Å². The molecule has 4 atom stereocenters.